The number of thioether (sulfide) groups is 1. The highest BCUT2D eigenvalue weighted by Gasteiger charge is 2.35. The first kappa shape index (κ1) is 14.2. The SMILES string of the molecule is CNc1nc2sccn2c1S(=O)(=O)N(C)C1CCSC1. The summed E-state index contributed by atoms with van der Waals surface area (Å²) in [6.45, 7) is 0. The predicted molar refractivity (Wildman–Crippen MR) is 83.3 cm³/mol. The van der Waals surface area contributed by atoms with Crippen molar-refractivity contribution in [3.8, 4) is 0 Å². The minimum atomic E-state index is -3.55. The first-order valence-corrected chi connectivity index (χ1v) is 9.72. The second-order valence-electron chi connectivity index (χ2n) is 4.61. The molecule has 1 saturated heterocycles. The fourth-order valence-corrected chi connectivity index (χ4v) is 6.08. The van der Waals surface area contributed by atoms with Gasteiger partial charge in [-0.05, 0) is 12.2 Å². The highest BCUT2D eigenvalue weighted by molar-refractivity contribution is 7.99. The molecule has 2 aromatic rings. The van der Waals surface area contributed by atoms with E-state index in [9.17, 15) is 8.42 Å². The average Bonchev–Trinajstić information content (AvgIpc) is 3.12. The summed E-state index contributed by atoms with van der Waals surface area (Å²) < 4.78 is 28.9. The number of thiazole rings is 1. The predicted octanol–water partition coefficient (Wildman–Crippen LogP) is 1.56. The normalized spacial score (nSPS) is 20.1. The lowest BCUT2D eigenvalue weighted by Gasteiger charge is -2.23. The van der Waals surface area contributed by atoms with Gasteiger partial charge in [0.05, 0.1) is 0 Å². The zero-order chi connectivity index (χ0) is 14.3. The quantitative estimate of drug-likeness (QED) is 0.920. The molecule has 1 unspecified atom stereocenters. The fraction of sp³-hybridized carbons (Fsp3) is 0.545. The molecule has 9 heteroatoms. The van der Waals surface area contributed by atoms with Crippen LogP contribution >= 0.6 is 23.1 Å². The van der Waals surface area contributed by atoms with Crippen LogP contribution in [0, 0.1) is 0 Å². The van der Waals surface area contributed by atoms with Gasteiger partial charge in [0.1, 0.15) is 0 Å². The fourth-order valence-electron chi connectivity index (χ4n) is 2.32. The molecule has 0 bridgehead atoms. The summed E-state index contributed by atoms with van der Waals surface area (Å²) >= 11 is 3.22. The number of hydrogen-bond acceptors (Lipinski definition) is 6. The van der Waals surface area contributed by atoms with Crippen LogP contribution in [0.15, 0.2) is 16.6 Å². The number of nitrogens with zero attached hydrogens (tertiary/aromatic N) is 3. The summed E-state index contributed by atoms with van der Waals surface area (Å²) in [4.78, 5) is 5.01. The zero-order valence-corrected chi connectivity index (χ0v) is 13.7. The summed E-state index contributed by atoms with van der Waals surface area (Å²) in [5.41, 5.74) is 0. The molecule has 0 radical (unpaired) electrons. The van der Waals surface area contributed by atoms with Crippen LogP contribution in [0.5, 0.6) is 0 Å². The molecule has 2 aromatic heterocycles. The van der Waals surface area contributed by atoms with E-state index in [4.69, 9.17) is 0 Å². The summed E-state index contributed by atoms with van der Waals surface area (Å²) in [5, 5.41) is 4.96. The van der Waals surface area contributed by atoms with E-state index in [1.807, 2.05) is 5.38 Å². The molecule has 1 aliphatic rings. The second-order valence-corrected chi connectivity index (χ2v) is 8.55. The third-order valence-electron chi connectivity index (χ3n) is 3.50. The molecular weight excluding hydrogens is 316 g/mol. The van der Waals surface area contributed by atoms with Gasteiger partial charge < -0.3 is 5.32 Å². The van der Waals surface area contributed by atoms with Crippen LogP contribution < -0.4 is 5.32 Å². The third kappa shape index (κ3) is 2.12. The number of anilines is 1. The Kier molecular flexibility index (Phi) is 3.69. The van der Waals surface area contributed by atoms with E-state index in [0.29, 0.717) is 10.8 Å². The van der Waals surface area contributed by atoms with Gasteiger partial charge in [0.15, 0.2) is 15.8 Å². The Morgan fingerprint density at radius 2 is 2.35 bits per heavy atom. The molecule has 0 amide bonds. The van der Waals surface area contributed by atoms with E-state index in [1.54, 1.807) is 36.5 Å². The summed E-state index contributed by atoms with van der Waals surface area (Å²) in [7, 11) is -0.199. The first-order valence-electron chi connectivity index (χ1n) is 6.25. The molecule has 1 N–H and O–H groups in total. The Bertz CT molecular complexity index is 715. The maximum absolute atomic E-state index is 12.9. The van der Waals surface area contributed by atoms with Crippen molar-refractivity contribution in [2.45, 2.75) is 17.5 Å². The van der Waals surface area contributed by atoms with E-state index in [1.165, 1.54) is 15.6 Å². The van der Waals surface area contributed by atoms with Gasteiger partial charge in [-0.1, -0.05) is 0 Å². The third-order valence-corrected chi connectivity index (χ3v) is 7.34. The molecule has 3 rings (SSSR count). The molecule has 1 aliphatic heterocycles. The van der Waals surface area contributed by atoms with Crippen molar-refractivity contribution in [1.29, 1.82) is 0 Å². The number of fused-ring (bicyclic) bond motifs is 1. The van der Waals surface area contributed by atoms with Crippen LogP contribution in [-0.2, 0) is 10.0 Å². The van der Waals surface area contributed by atoms with Crippen LogP contribution in [0.4, 0.5) is 5.82 Å². The highest BCUT2D eigenvalue weighted by atomic mass is 32.2. The van der Waals surface area contributed by atoms with Gasteiger partial charge in [0, 0.05) is 37.5 Å². The van der Waals surface area contributed by atoms with Gasteiger partial charge in [-0.3, -0.25) is 4.40 Å². The Morgan fingerprint density at radius 1 is 1.55 bits per heavy atom. The molecule has 6 nitrogen and oxygen atoms in total. The molecular formula is C11H16N4O2S3. The molecule has 3 heterocycles. The number of rotatable bonds is 4. The highest BCUT2D eigenvalue weighted by Crippen LogP contribution is 2.31. The molecule has 0 aliphatic carbocycles. The maximum Gasteiger partial charge on any atom is 0.262 e. The number of nitrogens with one attached hydrogen (secondary N) is 1. The van der Waals surface area contributed by atoms with Crippen molar-refractivity contribution in [1.82, 2.24) is 13.7 Å². The lowest BCUT2D eigenvalue weighted by atomic mass is 10.3. The first-order chi connectivity index (χ1) is 9.55. The van der Waals surface area contributed by atoms with Gasteiger partial charge in [-0.25, -0.2) is 13.4 Å². The van der Waals surface area contributed by atoms with Gasteiger partial charge in [-0.2, -0.15) is 16.1 Å². The van der Waals surface area contributed by atoms with Crippen molar-refractivity contribution in [2.24, 2.45) is 0 Å². The van der Waals surface area contributed by atoms with Gasteiger partial charge in [0.25, 0.3) is 10.0 Å². The van der Waals surface area contributed by atoms with Crippen molar-refractivity contribution < 1.29 is 8.42 Å². The zero-order valence-electron chi connectivity index (χ0n) is 11.2. The Morgan fingerprint density at radius 3 is 3.00 bits per heavy atom. The van der Waals surface area contributed by atoms with Crippen LogP contribution in [0.1, 0.15) is 6.42 Å². The number of aromatic nitrogens is 2. The smallest absolute Gasteiger partial charge is 0.262 e. The molecule has 0 saturated carbocycles. The molecule has 20 heavy (non-hydrogen) atoms. The van der Waals surface area contributed by atoms with E-state index < -0.39 is 10.0 Å². The molecule has 1 atom stereocenters. The standard InChI is InChI=1S/C11H16N4O2S3/c1-12-9-10(15-4-6-19-11(15)13-9)20(16,17)14(2)8-3-5-18-7-8/h4,6,8,12H,3,5,7H2,1-2H3. The summed E-state index contributed by atoms with van der Waals surface area (Å²) in [6.07, 6.45) is 2.65. The maximum atomic E-state index is 12.9. The second kappa shape index (κ2) is 5.21. The van der Waals surface area contributed by atoms with E-state index >= 15 is 0 Å². The Hall–Kier alpha value is -0.770. The van der Waals surface area contributed by atoms with E-state index in [2.05, 4.69) is 10.3 Å². The minimum Gasteiger partial charge on any atom is -0.371 e. The van der Waals surface area contributed by atoms with Gasteiger partial charge >= 0.3 is 0 Å². The van der Waals surface area contributed by atoms with E-state index in [-0.39, 0.29) is 11.1 Å². The van der Waals surface area contributed by atoms with Crippen LogP contribution in [0.25, 0.3) is 4.96 Å². The van der Waals surface area contributed by atoms with Crippen LogP contribution in [0.2, 0.25) is 0 Å². The van der Waals surface area contributed by atoms with Crippen LogP contribution in [-0.4, -0.2) is 53.8 Å². The largest absolute Gasteiger partial charge is 0.371 e. The molecule has 1 fully saturated rings. The van der Waals surface area contributed by atoms with E-state index in [0.717, 1.165) is 17.9 Å². The van der Waals surface area contributed by atoms with Gasteiger partial charge in [0.2, 0.25) is 0 Å². The lowest BCUT2D eigenvalue weighted by Crippen LogP contribution is -2.37. The van der Waals surface area contributed by atoms with Crippen molar-refractivity contribution in [2.75, 3.05) is 30.9 Å². The van der Waals surface area contributed by atoms with Gasteiger partial charge in [-0.15, -0.1) is 11.3 Å². The monoisotopic (exact) mass is 332 g/mol. The lowest BCUT2D eigenvalue weighted by molar-refractivity contribution is 0.393. The van der Waals surface area contributed by atoms with Crippen molar-refractivity contribution in [3.63, 3.8) is 0 Å². The Balaban J connectivity index is 2.10. The van der Waals surface area contributed by atoms with Crippen molar-refractivity contribution in [3.05, 3.63) is 11.6 Å². The average molecular weight is 332 g/mol. The molecule has 0 spiro atoms. The minimum absolute atomic E-state index is 0.0684. The van der Waals surface area contributed by atoms with Crippen LogP contribution in [0.3, 0.4) is 0 Å². The summed E-state index contributed by atoms with van der Waals surface area (Å²) in [5.74, 6) is 2.29. The summed E-state index contributed by atoms with van der Waals surface area (Å²) in [6, 6.07) is 0.0684. The molecule has 0 aromatic carbocycles. The topological polar surface area (TPSA) is 66.7 Å². The van der Waals surface area contributed by atoms with Crippen molar-refractivity contribution >= 4 is 43.9 Å². The molecule has 110 valence electrons. The number of sulfonamides is 1. The number of hydrogen-bond donors (Lipinski definition) is 1. The number of imidazole rings is 1. The Labute approximate surface area is 126 Å².